The van der Waals surface area contributed by atoms with Crippen LogP contribution in [0.15, 0.2) is 54.6 Å². The lowest BCUT2D eigenvalue weighted by molar-refractivity contribution is 0.146. The number of para-hydroxylation sites is 1. The summed E-state index contributed by atoms with van der Waals surface area (Å²) in [4.78, 5) is 0. The van der Waals surface area contributed by atoms with Gasteiger partial charge in [-0.2, -0.15) is 4.21 Å². The van der Waals surface area contributed by atoms with Crippen LogP contribution in [0.2, 0.25) is 0 Å². The molecular formula is C15H16O4S. The van der Waals surface area contributed by atoms with Crippen molar-refractivity contribution in [2.24, 2.45) is 0 Å². The van der Waals surface area contributed by atoms with Crippen LogP contribution in [0.4, 0.5) is 0 Å². The highest BCUT2D eigenvalue weighted by atomic mass is 32.2. The first-order chi connectivity index (χ1) is 9.66. The summed E-state index contributed by atoms with van der Waals surface area (Å²) < 4.78 is 29.6. The molecule has 0 amide bonds. The smallest absolute Gasteiger partial charge is 0.302 e. The van der Waals surface area contributed by atoms with E-state index >= 15 is 0 Å². The van der Waals surface area contributed by atoms with Crippen molar-refractivity contribution < 1.29 is 17.7 Å². The van der Waals surface area contributed by atoms with E-state index in [2.05, 4.69) is 0 Å². The standard InChI is InChI=1S/C15H16O4S/c1-12(19-20(16)17)11-18-15-10-6-5-9-14(15)13-7-3-2-4-8-13/h2-10,12H,11H2,1H3,(H,16,17). The Bertz CT molecular complexity index is 571. The molecule has 0 spiro atoms. The van der Waals surface area contributed by atoms with Crippen LogP contribution in [0.1, 0.15) is 6.92 Å². The van der Waals surface area contributed by atoms with Gasteiger partial charge in [0.25, 0.3) is 0 Å². The van der Waals surface area contributed by atoms with Crippen LogP contribution in [0.3, 0.4) is 0 Å². The predicted molar refractivity (Wildman–Crippen MR) is 78.7 cm³/mol. The molecule has 2 aromatic rings. The lowest BCUT2D eigenvalue weighted by atomic mass is 10.1. The van der Waals surface area contributed by atoms with Gasteiger partial charge in [-0.25, -0.2) is 0 Å². The molecule has 2 aromatic carbocycles. The third-order valence-electron chi connectivity index (χ3n) is 2.69. The third kappa shape index (κ3) is 4.16. The second-order valence-corrected chi connectivity index (χ2v) is 4.92. The van der Waals surface area contributed by atoms with Crippen LogP contribution in [0, 0.1) is 0 Å². The average molecular weight is 292 g/mol. The number of benzene rings is 2. The van der Waals surface area contributed by atoms with Gasteiger partial charge in [-0.3, -0.25) is 8.74 Å². The van der Waals surface area contributed by atoms with E-state index in [1.54, 1.807) is 6.92 Å². The molecule has 0 fully saturated rings. The maximum Gasteiger partial charge on any atom is 0.302 e. The van der Waals surface area contributed by atoms with Gasteiger partial charge in [-0.1, -0.05) is 48.5 Å². The van der Waals surface area contributed by atoms with Crippen molar-refractivity contribution >= 4 is 11.4 Å². The lowest BCUT2D eigenvalue weighted by Crippen LogP contribution is -2.19. The molecule has 2 unspecified atom stereocenters. The van der Waals surface area contributed by atoms with Crippen LogP contribution in [-0.2, 0) is 15.5 Å². The highest BCUT2D eigenvalue weighted by Gasteiger charge is 2.10. The molecule has 5 heteroatoms. The summed E-state index contributed by atoms with van der Waals surface area (Å²) in [5.41, 5.74) is 2.04. The summed E-state index contributed by atoms with van der Waals surface area (Å²) in [6.07, 6.45) is -0.468. The molecule has 4 nitrogen and oxygen atoms in total. The highest BCUT2D eigenvalue weighted by molar-refractivity contribution is 7.74. The number of rotatable bonds is 6. The Hall–Kier alpha value is -1.69. The summed E-state index contributed by atoms with van der Waals surface area (Å²) >= 11 is -2.27. The normalized spacial score (nSPS) is 13.7. The van der Waals surface area contributed by atoms with E-state index in [0.29, 0.717) is 0 Å². The van der Waals surface area contributed by atoms with Crippen molar-refractivity contribution in [3.05, 3.63) is 54.6 Å². The Kier molecular flexibility index (Phi) is 5.29. The van der Waals surface area contributed by atoms with Gasteiger partial charge in [0.1, 0.15) is 18.5 Å². The first-order valence-corrected chi connectivity index (χ1v) is 7.25. The zero-order valence-corrected chi connectivity index (χ0v) is 11.9. The van der Waals surface area contributed by atoms with Crippen LogP contribution in [-0.4, -0.2) is 21.5 Å². The highest BCUT2D eigenvalue weighted by Crippen LogP contribution is 2.29. The van der Waals surface area contributed by atoms with Gasteiger partial charge in [0.05, 0.1) is 0 Å². The number of ether oxygens (including phenoxy) is 1. The first-order valence-electron chi connectivity index (χ1n) is 6.22. The van der Waals surface area contributed by atoms with Crippen LogP contribution in [0.25, 0.3) is 11.1 Å². The first kappa shape index (κ1) is 14.7. The van der Waals surface area contributed by atoms with Gasteiger partial charge in [0.15, 0.2) is 0 Å². The molecular weight excluding hydrogens is 276 g/mol. The minimum atomic E-state index is -2.27. The lowest BCUT2D eigenvalue weighted by Gasteiger charge is -2.14. The van der Waals surface area contributed by atoms with Gasteiger partial charge in [0.2, 0.25) is 0 Å². The predicted octanol–water partition coefficient (Wildman–Crippen LogP) is 3.27. The van der Waals surface area contributed by atoms with Gasteiger partial charge in [-0.15, -0.1) is 0 Å². The van der Waals surface area contributed by atoms with Gasteiger partial charge in [0, 0.05) is 5.56 Å². The Balaban J connectivity index is 2.11. The van der Waals surface area contributed by atoms with Crippen LogP contribution < -0.4 is 4.74 Å². The van der Waals surface area contributed by atoms with Crippen LogP contribution >= 0.6 is 0 Å². The maximum atomic E-state index is 10.5. The molecule has 106 valence electrons. The van der Waals surface area contributed by atoms with E-state index in [0.717, 1.165) is 16.9 Å². The van der Waals surface area contributed by atoms with E-state index in [1.807, 2.05) is 54.6 Å². The SMILES string of the molecule is CC(COc1ccccc1-c1ccccc1)OS(=O)O. The minimum Gasteiger partial charge on any atom is -0.490 e. The second kappa shape index (κ2) is 7.19. The Labute approximate surface area is 120 Å². The average Bonchev–Trinajstić information content (AvgIpc) is 2.46. The molecule has 0 saturated carbocycles. The molecule has 2 atom stereocenters. The van der Waals surface area contributed by atoms with Gasteiger partial charge in [-0.05, 0) is 18.6 Å². The molecule has 2 rings (SSSR count). The fourth-order valence-electron chi connectivity index (χ4n) is 1.82. The summed E-state index contributed by atoms with van der Waals surface area (Å²) in [5.74, 6) is 0.720. The topological polar surface area (TPSA) is 55.8 Å². The van der Waals surface area contributed by atoms with E-state index in [1.165, 1.54) is 0 Å². The van der Waals surface area contributed by atoms with Crippen molar-refractivity contribution in [1.82, 2.24) is 0 Å². The van der Waals surface area contributed by atoms with Crippen molar-refractivity contribution in [3.8, 4) is 16.9 Å². The molecule has 1 N–H and O–H groups in total. The quantitative estimate of drug-likeness (QED) is 0.830. The van der Waals surface area contributed by atoms with Crippen LogP contribution in [0.5, 0.6) is 5.75 Å². The maximum absolute atomic E-state index is 10.5. The molecule has 0 radical (unpaired) electrons. The van der Waals surface area contributed by atoms with Crippen molar-refractivity contribution in [1.29, 1.82) is 0 Å². The molecule has 0 bridgehead atoms. The molecule has 0 aliphatic carbocycles. The number of hydrogen-bond acceptors (Lipinski definition) is 3. The Morgan fingerprint density at radius 2 is 1.75 bits per heavy atom. The van der Waals surface area contributed by atoms with E-state index in [9.17, 15) is 4.21 Å². The summed E-state index contributed by atoms with van der Waals surface area (Å²) in [6.45, 7) is 1.88. The largest absolute Gasteiger partial charge is 0.490 e. The molecule has 0 aliphatic rings. The minimum absolute atomic E-state index is 0.205. The van der Waals surface area contributed by atoms with Gasteiger partial charge >= 0.3 is 11.4 Å². The fraction of sp³-hybridized carbons (Fsp3) is 0.200. The van der Waals surface area contributed by atoms with Crippen molar-refractivity contribution in [2.45, 2.75) is 13.0 Å². The molecule has 0 saturated heterocycles. The monoisotopic (exact) mass is 292 g/mol. The number of hydrogen-bond donors (Lipinski definition) is 1. The molecule has 0 aliphatic heterocycles. The van der Waals surface area contributed by atoms with E-state index in [4.69, 9.17) is 13.5 Å². The van der Waals surface area contributed by atoms with E-state index < -0.39 is 17.5 Å². The zero-order chi connectivity index (χ0) is 14.4. The van der Waals surface area contributed by atoms with Crippen molar-refractivity contribution in [3.63, 3.8) is 0 Å². The zero-order valence-electron chi connectivity index (χ0n) is 11.1. The molecule has 20 heavy (non-hydrogen) atoms. The van der Waals surface area contributed by atoms with E-state index in [-0.39, 0.29) is 6.61 Å². The molecule has 0 heterocycles. The Morgan fingerprint density at radius 1 is 1.10 bits per heavy atom. The third-order valence-corrected chi connectivity index (χ3v) is 3.19. The van der Waals surface area contributed by atoms with Gasteiger partial charge < -0.3 is 4.74 Å². The van der Waals surface area contributed by atoms with Crippen molar-refractivity contribution in [2.75, 3.05) is 6.61 Å². The Morgan fingerprint density at radius 3 is 2.45 bits per heavy atom. The summed E-state index contributed by atoms with van der Waals surface area (Å²) in [5, 5.41) is 0. The molecule has 0 aromatic heterocycles. The summed E-state index contributed by atoms with van der Waals surface area (Å²) in [7, 11) is 0. The fourth-order valence-corrected chi connectivity index (χ4v) is 2.16. The second-order valence-electron chi connectivity index (χ2n) is 4.30. The summed E-state index contributed by atoms with van der Waals surface area (Å²) in [6, 6.07) is 17.6.